The van der Waals surface area contributed by atoms with Crippen molar-refractivity contribution in [3.05, 3.63) is 30.2 Å². The predicted molar refractivity (Wildman–Crippen MR) is 74.4 cm³/mol. The van der Waals surface area contributed by atoms with Gasteiger partial charge < -0.3 is 19.2 Å². The van der Waals surface area contributed by atoms with Crippen LogP contribution in [0, 0.1) is 0 Å². The molecule has 0 unspecified atom stereocenters. The molecular weight excluding hydrogens is 294 g/mol. The highest BCUT2D eigenvalue weighted by atomic mass is 32.2. The van der Waals surface area contributed by atoms with Crippen molar-refractivity contribution in [3.63, 3.8) is 0 Å². The second-order valence-corrected chi connectivity index (χ2v) is 5.16. The Morgan fingerprint density at radius 3 is 3.00 bits per heavy atom. The summed E-state index contributed by atoms with van der Waals surface area (Å²) in [4.78, 5) is 11.2. The zero-order valence-electron chi connectivity index (χ0n) is 11.2. The summed E-state index contributed by atoms with van der Waals surface area (Å²) in [5, 5.41) is 10.7. The minimum Gasteiger partial charge on any atom is -0.485 e. The standard InChI is InChI=1S/C13H13N3O4S/c1-14-11(17)7-21-13-16-15-12(20-13)10-6-18-8-4-2-3-5-9(8)19-10/h2-5,10H,6-7H2,1H3,(H,14,17)/t10-/m0/s1. The van der Waals surface area contributed by atoms with Gasteiger partial charge in [0.15, 0.2) is 11.5 Å². The Hall–Kier alpha value is -2.22. The molecule has 3 rings (SSSR count). The lowest BCUT2D eigenvalue weighted by Crippen LogP contribution is -2.21. The Morgan fingerprint density at radius 1 is 1.38 bits per heavy atom. The summed E-state index contributed by atoms with van der Waals surface area (Å²) in [7, 11) is 1.58. The molecule has 2 heterocycles. The van der Waals surface area contributed by atoms with Crippen molar-refractivity contribution >= 4 is 17.7 Å². The third kappa shape index (κ3) is 3.10. The number of nitrogens with zero attached hydrogens (tertiary/aromatic N) is 2. The fourth-order valence-corrected chi connectivity index (χ4v) is 2.39. The van der Waals surface area contributed by atoms with E-state index >= 15 is 0 Å². The van der Waals surface area contributed by atoms with Crippen molar-refractivity contribution in [2.24, 2.45) is 0 Å². The quantitative estimate of drug-likeness (QED) is 0.855. The number of para-hydroxylation sites is 2. The van der Waals surface area contributed by atoms with Crippen LogP contribution < -0.4 is 14.8 Å². The van der Waals surface area contributed by atoms with Crippen molar-refractivity contribution in [3.8, 4) is 11.5 Å². The van der Waals surface area contributed by atoms with Crippen LogP contribution in [0.1, 0.15) is 12.0 Å². The van der Waals surface area contributed by atoms with E-state index in [1.165, 1.54) is 11.8 Å². The van der Waals surface area contributed by atoms with E-state index in [0.29, 0.717) is 29.2 Å². The number of fused-ring (bicyclic) bond motifs is 1. The van der Waals surface area contributed by atoms with Crippen molar-refractivity contribution < 1.29 is 18.7 Å². The minimum atomic E-state index is -0.443. The maximum atomic E-state index is 11.2. The Kier molecular flexibility index (Phi) is 3.96. The lowest BCUT2D eigenvalue weighted by atomic mass is 10.2. The first-order valence-corrected chi connectivity index (χ1v) is 7.30. The molecule has 110 valence electrons. The Balaban J connectivity index is 1.66. The van der Waals surface area contributed by atoms with E-state index < -0.39 is 6.10 Å². The van der Waals surface area contributed by atoms with Gasteiger partial charge in [-0.25, -0.2) is 0 Å². The van der Waals surface area contributed by atoms with E-state index in [2.05, 4.69) is 15.5 Å². The zero-order valence-corrected chi connectivity index (χ0v) is 12.1. The number of thioether (sulfide) groups is 1. The van der Waals surface area contributed by atoms with Gasteiger partial charge in [-0.05, 0) is 12.1 Å². The summed E-state index contributed by atoms with van der Waals surface area (Å²) in [6.45, 7) is 0.304. The van der Waals surface area contributed by atoms with Crippen LogP contribution in [0.2, 0.25) is 0 Å². The summed E-state index contributed by atoms with van der Waals surface area (Å²) in [5.41, 5.74) is 0. The summed E-state index contributed by atoms with van der Waals surface area (Å²) in [6, 6.07) is 7.40. The van der Waals surface area contributed by atoms with Crippen molar-refractivity contribution in [2.75, 3.05) is 19.4 Å². The number of carbonyl (C=O) groups excluding carboxylic acids is 1. The Morgan fingerprint density at radius 2 is 2.19 bits per heavy atom. The highest BCUT2D eigenvalue weighted by Crippen LogP contribution is 2.35. The first-order valence-electron chi connectivity index (χ1n) is 6.31. The monoisotopic (exact) mass is 307 g/mol. The van der Waals surface area contributed by atoms with Gasteiger partial charge >= 0.3 is 0 Å². The highest BCUT2D eigenvalue weighted by Gasteiger charge is 2.27. The molecule has 8 heteroatoms. The summed E-state index contributed by atoms with van der Waals surface area (Å²) < 4.78 is 16.8. The van der Waals surface area contributed by atoms with Gasteiger partial charge in [0, 0.05) is 7.05 Å². The van der Waals surface area contributed by atoms with Crippen LogP contribution in [0.3, 0.4) is 0 Å². The molecule has 0 aliphatic carbocycles. The maximum Gasteiger partial charge on any atom is 0.277 e. The van der Waals surface area contributed by atoms with Crippen LogP contribution >= 0.6 is 11.8 Å². The van der Waals surface area contributed by atoms with Gasteiger partial charge in [0.05, 0.1) is 5.75 Å². The third-order valence-corrected chi connectivity index (χ3v) is 3.63. The van der Waals surface area contributed by atoms with Gasteiger partial charge in [-0.2, -0.15) is 0 Å². The average Bonchev–Trinajstić information content (AvgIpc) is 3.01. The van der Waals surface area contributed by atoms with Gasteiger partial charge in [-0.1, -0.05) is 23.9 Å². The molecule has 0 fully saturated rings. The van der Waals surface area contributed by atoms with E-state index in [9.17, 15) is 4.79 Å². The van der Waals surface area contributed by atoms with Gasteiger partial charge in [-0.15, -0.1) is 10.2 Å². The first kappa shape index (κ1) is 13.7. The fourth-order valence-electron chi connectivity index (χ4n) is 1.75. The molecular formula is C13H13N3O4S. The van der Waals surface area contributed by atoms with Crippen LogP contribution in [-0.4, -0.2) is 35.5 Å². The van der Waals surface area contributed by atoms with Crippen molar-refractivity contribution in [2.45, 2.75) is 11.3 Å². The molecule has 0 spiro atoms. The molecule has 21 heavy (non-hydrogen) atoms. The Labute approximate surface area is 125 Å². The van der Waals surface area contributed by atoms with Gasteiger partial charge in [0.1, 0.15) is 6.61 Å². The SMILES string of the molecule is CNC(=O)CSc1nnc([C@@H]2COc3ccccc3O2)o1. The number of hydrogen-bond donors (Lipinski definition) is 1. The molecule has 1 N–H and O–H groups in total. The first-order chi connectivity index (χ1) is 10.3. The molecule has 7 nitrogen and oxygen atoms in total. The molecule has 0 radical (unpaired) electrons. The smallest absolute Gasteiger partial charge is 0.277 e. The van der Waals surface area contributed by atoms with E-state index in [0.717, 1.165) is 0 Å². The van der Waals surface area contributed by atoms with E-state index in [-0.39, 0.29) is 11.7 Å². The number of hydrogen-bond acceptors (Lipinski definition) is 7. The van der Waals surface area contributed by atoms with Crippen LogP contribution in [-0.2, 0) is 4.79 Å². The predicted octanol–water partition coefficient (Wildman–Crippen LogP) is 1.42. The number of nitrogens with one attached hydrogen (secondary N) is 1. The number of carbonyl (C=O) groups is 1. The topological polar surface area (TPSA) is 86.5 Å². The number of aromatic nitrogens is 2. The van der Waals surface area contributed by atoms with Crippen molar-refractivity contribution in [1.82, 2.24) is 15.5 Å². The molecule has 1 aliphatic heterocycles. The van der Waals surface area contributed by atoms with E-state index in [4.69, 9.17) is 13.9 Å². The molecule has 0 saturated heterocycles. The molecule has 0 bridgehead atoms. The van der Waals surface area contributed by atoms with E-state index in [1.807, 2.05) is 24.3 Å². The zero-order chi connectivity index (χ0) is 14.7. The molecule has 2 aromatic rings. The molecule has 1 amide bonds. The normalized spacial score (nSPS) is 16.5. The van der Waals surface area contributed by atoms with Crippen LogP contribution in [0.5, 0.6) is 11.5 Å². The van der Waals surface area contributed by atoms with Crippen LogP contribution in [0.25, 0.3) is 0 Å². The second kappa shape index (κ2) is 6.04. The summed E-state index contributed by atoms with van der Waals surface area (Å²) in [5.74, 6) is 1.80. The number of benzene rings is 1. The molecule has 0 saturated carbocycles. The summed E-state index contributed by atoms with van der Waals surface area (Å²) in [6.07, 6.45) is -0.443. The van der Waals surface area contributed by atoms with Crippen LogP contribution in [0.15, 0.2) is 33.9 Å². The van der Waals surface area contributed by atoms with Crippen molar-refractivity contribution in [1.29, 1.82) is 0 Å². The third-order valence-electron chi connectivity index (χ3n) is 2.81. The van der Waals surface area contributed by atoms with Gasteiger partial charge in [-0.3, -0.25) is 4.79 Å². The summed E-state index contributed by atoms with van der Waals surface area (Å²) >= 11 is 1.17. The lowest BCUT2D eigenvalue weighted by molar-refractivity contribution is -0.118. The molecule has 1 aromatic heterocycles. The molecule has 1 aliphatic rings. The Bertz CT molecular complexity index is 646. The van der Waals surface area contributed by atoms with E-state index in [1.54, 1.807) is 7.05 Å². The highest BCUT2D eigenvalue weighted by molar-refractivity contribution is 7.99. The maximum absolute atomic E-state index is 11.2. The lowest BCUT2D eigenvalue weighted by Gasteiger charge is -2.23. The van der Waals surface area contributed by atoms with Crippen LogP contribution in [0.4, 0.5) is 0 Å². The largest absolute Gasteiger partial charge is 0.485 e. The fraction of sp³-hybridized carbons (Fsp3) is 0.308. The van der Waals surface area contributed by atoms with Gasteiger partial charge in [0.25, 0.3) is 11.1 Å². The minimum absolute atomic E-state index is 0.106. The number of ether oxygens (including phenoxy) is 2. The number of amides is 1. The number of rotatable bonds is 4. The molecule has 1 atom stereocenters. The average molecular weight is 307 g/mol. The molecule has 1 aromatic carbocycles. The second-order valence-electron chi connectivity index (χ2n) is 4.23. The van der Waals surface area contributed by atoms with Gasteiger partial charge in [0.2, 0.25) is 12.0 Å².